The average Bonchev–Trinajstić information content (AvgIpc) is 2.78. The monoisotopic (exact) mass is 489 g/mol. The second kappa shape index (κ2) is 11.2. The highest BCUT2D eigenvalue weighted by molar-refractivity contribution is 6.18. The van der Waals surface area contributed by atoms with E-state index in [0.29, 0.717) is 52.9 Å². The van der Waals surface area contributed by atoms with Gasteiger partial charge < -0.3 is 24.8 Å². The minimum Gasteiger partial charge on any atom is -0.493 e. The summed E-state index contributed by atoms with van der Waals surface area (Å²) in [6.45, 7) is 7.13. The van der Waals surface area contributed by atoms with Gasteiger partial charge in [-0.3, -0.25) is 4.98 Å². The van der Waals surface area contributed by atoms with Gasteiger partial charge in [0.25, 0.3) is 0 Å². The fraction of sp³-hybridized carbons (Fsp3) is 0.360. The van der Waals surface area contributed by atoms with Crippen LogP contribution in [0.15, 0.2) is 42.6 Å². The molecular weight excluding hydrogens is 461 g/mol. The molecule has 1 heterocycles. The number of nitrogens with zero attached hydrogens (tertiary/aromatic N) is 1. The SMILES string of the molecule is COc1cc2c(Oc3ccc(NC(=O)NCCC(C)(C)C)cc3F)ccnc2cc1OCCCl. The van der Waals surface area contributed by atoms with Crippen molar-refractivity contribution in [2.45, 2.75) is 27.2 Å². The van der Waals surface area contributed by atoms with E-state index in [2.05, 4.69) is 36.4 Å². The highest BCUT2D eigenvalue weighted by Gasteiger charge is 2.15. The number of aromatic nitrogens is 1. The predicted molar refractivity (Wildman–Crippen MR) is 132 cm³/mol. The molecule has 3 rings (SSSR count). The number of alkyl halides is 1. The van der Waals surface area contributed by atoms with Crippen molar-refractivity contribution >= 4 is 34.2 Å². The summed E-state index contributed by atoms with van der Waals surface area (Å²) in [6, 6.07) is 8.92. The summed E-state index contributed by atoms with van der Waals surface area (Å²) in [5, 5.41) is 6.02. The summed E-state index contributed by atoms with van der Waals surface area (Å²) in [5.74, 6) is 1.10. The Labute approximate surface area is 203 Å². The molecular formula is C25H29ClFN3O4. The van der Waals surface area contributed by atoms with Crippen LogP contribution >= 0.6 is 11.6 Å². The number of ether oxygens (including phenoxy) is 3. The Morgan fingerprint density at radius 3 is 2.56 bits per heavy atom. The van der Waals surface area contributed by atoms with Crippen molar-refractivity contribution in [1.29, 1.82) is 0 Å². The van der Waals surface area contributed by atoms with Crippen LogP contribution in [0.2, 0.25) is 0 Å². The first-order chi connectivity index (χ1) is 16.2. The standard InChI is InChI=1S/C25H29ClFN3O4/c1-25(2,3)8-11-29-24(31)30-16-5-6-21(18(27)13-16)34-20-7-10-28-19-15-23(33-12-9-26)22(32-4)14-17(19)20/h5-7,10,13-15H,8-9,11-12H2,1-4H3,(H2,29,30,31). The van der Waals surface area contributed by atoms with Gasteiger partial charge in [-0.2, -0.15) is 0 Å². The van der Waals surface area contributed by atoms with Crippen LogP contribution in [-0.2, 0) is 0 Å². The van der Waals surface area contributed by atoms with Crippen molar-refractivity contribution in [1.82, 2.24) is 10.3 Å². The van der Waals surface area contributed by atoms with E-state index in [-0.39, 0.29) is 11.2 Å². The number of anilines is 1. The number of pyridine rings is 1. The Kier molecular flexibility index (Phi) is 8.39. The largest absolute Gasteiger partial charge is 0.493 e. The minimum absolute atomic E-state index is 0.00706. The highest BCUT2D eigenvalue weighted by Crippen LogP contribution is 2.37. The third-order valence-electron chi connectivity index (χ3n) is 4.89. The molecule has 0 spiro atoms. The van der Waals surface area contributed by atoms with Crippen molar-refractivity contribution in [3.63, 3.8) is 0 Å². The molecule has 3 aromatic rings. The van der Waals surface area contributed by atoms with Crippen LogP contribution in [0.5, 0.6) is 23.0 Å². The van der Waals surface area contributed by atoms with E-state index >= 15 is 0 Å². The molecule has 0 fully saturated rings. The molecule has 2 amide bonds. The minimum atomic E-state index is -0.619. The summed E-state index contributed by atoms with van der Waals surface area (Å²) in [7, 11) is 1.52. The second-order valence-corrected chi connectivity index (χ2v) is 9.18. The van der Waals surface area contributed by atoms with Gasteiger partial charge in [0.2, 0.25) is 0 Å². The molecule has 34 heavy (non-hydrogen) atoms. The van der Waals surface area contributed by atoms with Crippen LogP contribution in [-0.4, -0.2) is 37.2 Å². The number of hydrogen-bond donors (Lipinski definition) is 2. The lowest BCUT2D eigenvalue weighted by atomic mass is 9.92. The third-order valence-corrected chi connectivity index (χ3v) is 5.05. The van der Waals surface area contributed by atoms with Crippen molar-refractivity contribution in [3.8, 4) is 23.0 Å². The fourth-order valence-electron chi connectivity index (χ4n) is 3.14. The van der Waals surface area contributed by atoms with Crippen LogP contribution in [0.3, 0.4) is 0 Å². The number of benzene rings is 2. The average molecular weight is 490 g/mol. The Morgan fingerprint density at radius 1 is 1.09 bits per heavy atom. The number of carbonyl (C=O) groups excluding carboxylic acids is 1. The molecule has 0 radical (unpaired) electrons. The van der Waals surface area contributed by atoms with Crippen LogP contribution in [0, 0.1) is 11.2 Å². The molecule has 2 N–H and O–H groups in total. The lowest BCUT2D eigenvalue weighted by molar-refractivity contribution is 0.250. The molecule has 0 bridgehead atoms. The van der Waals surface area contributed by atoms with E-state index < -0.39 is 11.8 Å². The number of nitrogens with one attached hydrogen (secondary N) is 2. The van der Waals surface area contributed by atoms with Gasteiger partial charge in [0.15, 0.2) is 23.1 Å². The van der Waals surface area contributed by atoms with Gasteiger partial charge in [-0.1, -0.05) is 20.8 Å². The van der Waals surface area contributed by atoms with E-state index in [1.54, 1.807) is 30.5 Å². The van der Waals surface area contributed by atoms with E-state index in [4.69, 9.17) is 25.8 Å². The smallest absolute Gasteiger partial charge is 0.319 e. The highest BCUT2D eigenvalue weighted by atomic mass is 35.5. The van der Waals surface area contributed by atoms with Gasteiger partial charge in [0, 0.05) is 35.9 Å². The Balaban J connectivity index is 1.75. The Hall–Kier alpha value is -3.26. The molecule has 0 unspecified atom stereocenters. The quantitative estimate of drug-likeness (QED) is 0.342. The van der Waals surface area contributed by atoms with Gasteiger partial charge >= 0.3 is 6.03 Å². The van der Waals surface area contributed by atoms with Crippen LogP contribution in [0.4, 0.5) is 14.9 Å². The maximum Gasteiger partial charge on any atom is 0.319 e. The Morgan fingerprint density at radius 2 is 1.88 bits per heavy atom. The van der Waals surface area contributed by atoms with E-state index in [0.717, 1.165) is 6.42 Å². The van der Waals surface area contributed by atoms with Crippen molar-refractivity contribution in [2.75, 3.05) is 31.5 Å². The molecule has 0 saturated heterocycles. The van der Waals surface area contributed by atoms with Gasteiger partial charge in [-0.25, -0.2) is 9.18 Å². The number of amides is 2. The van der Waals surface area contributed by atoms with Gasteiger partial charge in [-0.15, -0.1) is 11.6 Å². The molecule has 0 aliphatic carbocycles. The summed E-state index contributed by atoms with van der Waals surface area (Å²) in [5.41, 5.74) is 1.02. The topological polar surface area (TPSA) is 81.7 Å². The number of hydrogen-bond acceptors (Lipinski definition) is 5. The van der Waals surface area contributed by atoms with E-state index in [9.17, 15) is 9.18 Å². The molecule has 0 aliphatic heterocycles. The zero-order valence-corrected chi connectivity index (χ0v) is 20.5. The molecule has 7 nitrogen and oxygen atoms in total. The molecule has 1 aromatic heterocycles. The van der Waals surface area contributed by atoms with Crippen LogP contribution in [0.25, 0.3) is 10.9 Å². The van der Waals surface area contributed by atoms with Crippen molar-refractivity contribution in [2.24, 2.45) is 5.41 Å². The number of rotatable bonds is 9. The van der Waals surface area contributed by atoms with Gasteiger partial charge in [0.05, 0.1) is 18.5 Å². The maximum atomic E-state index is 14.8. The molecule has 0 aliphatic rings. The van der Waals surface area contributed by atoms with Crippen LogP contribution in [0.1, 0.15) is 27.2 Å². The zero-order valence-electron chi connectivity index (χ0n) is 19.7. The van der Waals surface area contributed by atoms with Crippen molar-refractivity contribution < 1.29 is 23.4 Å². The second-order valence-electron chi connectivity index (χ2n) is 8.81. The van der Waals surface area contributed by atoms with Crippen molar-refractivity contribution in [3.05, 3.63) is 48.4 Å². The normalized spacial score (nSPS) is 11.2. The van der Waals surface area contributed by atoms with E-state index in [1.165, 1.54) is 19.2 Å². The Bertz CT molecular complexity index is 1150. The number of methoxy groups -OCH3 is 1. The maximum absolute atomic E-state index is 14.8. The number of fused-ring (bicyclic) bond motifs is 1. The first-order valence-corrected chi connectivity index (χ1v) is 11.4. The number of urea groups is 1. The molecule has 9 heteroatoms. The lowest BCUT2D eigenvalue weighted by Crippen LogP contribution is -2.31. The molecule has 0 atom stereocenters. The summed E-state index contributed by atoms with van der Waals surface area (Å²) >= 11 is 5.71. The summed E-state index contributed by atoms with van der Waals surface area (Å²) in [6.07, 6.45) is 2.39. The van der Waals surface area contributed by atoms with Crippen LogP contribution < -0.4 is 24.8 Å². The zero-order chi connectivity index (χ0) is 24.7. The summed E-state index contributed by atoms with van der Waals surface area (Å²) in [4.78, 5) is 16.4. The lowest BCUT2D eigenvalue weighted by Gasteiger charge is -2.18. The first-order valence-electron chi connectivity index (χ1n) is 10.9. The van der Waals surface area contributed by atoms with Gasteiger partial charge in [-0.05, 0) is 36.1 Å². The molecule has 2 aromatic carbocycles. The number of carbonyl (C=O) groups is 1. The van der Waals surface area contributed by atoms with E-state index in [1.807, 2.05) is 0 Å². The molecule has 0 saturated carbocycles. The fourth-order valence-corrected chi connectivity index (χ4v) is 3.22. The third kappa shape index (κ3) is 6.87. The van der Waals surface area contributed by atoms with Gasteiger partial charge in [0.1, 0.15) is 12.4 Å². The number of halogens is 2. The first kappa shape index (κ1) is 25.4. The summed E-state index contributed by atoms with van der Waals surface area (Å²) < 4.78 is 31.6. The predicted octanol–water partition coefficient (Wildman–Crippen LogP) is 6.35. The molecule has 182 valence electrons.